The number of aromatic nitrogens is 3. The number of aromatic amines is 1. The van der Waals surface area contributed by atoms with Gasteiger partial charge in [0, 0.05) is 24.9 Å². The normalized spacial score (nSPS) is 10.3. The van der Waals surface area contributed by atoms with E-state index in [0.717, 1.165) is 11.8 Å². The SMILES string of the molecule is CNc1cc([N+](=O)[O-])cc(Sc2nc(C)cc(=O)[nH]2)n1. The average Bonchev–Trinajstić information content (AvgIpc) is 2.36. The third-order valence-electron chi connectivity index (χ3n) is 2.30. The van der Waals surface area contributed by atoms with Crippen LogP contribution in [0.15, 0.2) is 33.2 Å². The first-order chi connectivity index (χ1) is 9.47. The molecule has 2 aromatic rings. The summed E-state index contributed by atoms with van der Waals surface area (Å²) in [5.41, 5.74) is 0.205. The fraction of sp³-hybridized carbons (Fsp3) is 0.182. The Hall–Kier alpha value is -2.42. The molecule has 0 aliphatic carbocycles. The van der Waals surface area contributed by atoms with Crippen LogP contribution in [0, 0.1) is 17.0 Å². The fourth-order valence-corrected chi connectivity index (χ4v) is 2.34. The van der Waals surface area contributed by atoms with E-state index in [1.807, 2.05) is 0 Å². The highest BCUT2D eigenvalue weighted by atomic mass is 32.2. The monoisotopic (exact) mass is 293 g/mol. The number of hydrogen-bond donors (Lipinski definition) is 2. The molecular weight excluding hydrogens is 282 g/mol. The van der Waals surface area contributed by atoms with Crippen LogP contribution >= 0.6 is 11.8 Å². The molecule has 0 saturated carbocycles. The van der Waals surface area contributed by atoms with Crippen LogP contribution < -0.4 is 10.9 Å². The summed E-state index contributed by atoms with van der Waals surface area (Å²) in [5, 5.41) is 14.3. The van der Waals surface area contributed by atoms with E-state index < -0.39 is 4.92 Å². The molecule has 0 radical (unpaired) electrons. The topological polar surface area (TPSA) is 114 Å². The molecule has 20 heavy (non-hydrogen) atoms. The van der Waals surface area contributed by atoms with Crippen LogP contribution in [-0.2, 0) is 0 Å². The van der Waals surface area contributed by atoms with Crippen molar-refractivity contribution in [2.75, 3.05) is 12.4 Å². The summed E-state index contributed by atoms with van der Waals surface area (Å²) >= 11 is 1.05. The van der Waals surface area contributed by atoms with Gasteiger partial charge in [-0.3, -0.25) is 14.9 Å². The van der Waals surface area contributed by atoms with E-state index in [1.54, 1.807) is 14.0 Å². The molecule has 2 rings (SSSR count). The van der Waals surface area contributed by atoms with Gasteiger partial charge in [0.1, 0.15) is 10.8 Å². The van der Waals surface area contributed by atoms with Gasteiger partial charge in [0.2, 0.25) is 0 Å². The van der Waals surface area contributed by atoms with Crippen molar-refractivity contribution in [3.8, 4) is 0 Å². The van der Waals surface area contributed by atoms with Crippen molar-refractivity contribution >= 4 is 23.3 Å². The van der Waals surface area contributed by atoms with Crippen molar-refractivity contribution in [1.82, 2.24) is 15.0 Å². The van der Waals surface area contributed by atoms with Crippen LogP contribution in [0.25, 0.3) is 0 Å². The number of hydrogen-bond acceptors (Lipinski definition) is 7. The number of H-pyrrole nitrogens is 1. The number of pyridine rings is 1. The lowest BCUT2D eigenvalue weighted by Crippen LogP contribution is -2.08. The second-order valence-corrected chi connectivity index (χ2v) is 4.86. The highest BCUT2D eigenvalue weighted by Crippen LogP contribution is 2.27. The van der Waals surface area contributed by atoms with Gasteiger partial charge in [0.15, 0.2) is 5.16 Å². The molecule has 0 atom stereocenters. The van der Waals surface area contributed by atoms with Gasteiger partial charge in [-0.05, 0) is 18.7 Å². The lowest BCUT2D eigenvalue weighted by Gasteiger charge is -2.04. The Bertz CT molecular complexity index is 715. The van der Waals surface area contributed by atoms with E-state index in [4.69, 9.17) is 0 Å². The van der Waals surface area contributed by atoms with Gasteiger partial charge < -0.3 is 10.3 Å². The van der Waals surface area contributed by atoms with Crippen LogP contribution in [0.2, 0.25) is 0 Å². The first-order valence-corrected chi connectivity index (χ1v) is 6.39. The molecule has 2 N–H and O–H groups in total. The van der Waals surface area contributed by atoms with Gasteiger partial charge in [-0.15, -0.1) is 0 Å². The van der Waals surface area contributed by atoms with Crippen LogP contribution in [0.3, 0.4) is 0 Å². The van der Waals surface area contributed by atoms with E-state index in [1.165, 1.54) is 18.2 Å². The largest absolute Gasteiger partial charge is 0.373 e. The molecule has 0 aliphatic heterocycles. The lowest BCUT2D eigenvalue weighted by atomic mass is 10.4. The second-order valence-electron chi connectivity index (χ2n) is 3.85. The molecule has 0 unspecified atom stereocenters. The average molecular weight is 293 g/mol. The Morgan fingerprint density at radius 1 is 1.35 bits per heavy atom. The number of aryl methyl sites for hydroxylation is 1. The summed E-state index contributed by atoms with van der Waals surface area (Å²) in [6.07, 6.45) is 0. The first-order valence-electron chi connectivity index (χ1n) is 5.58. The highest BCUT2D eigenvalue weighted by Gasteiger charge is 2.12. The first kappa shape index (κ1) is 14.0. The molecule has 8 nitrogen and oxygen atoms in total. The minimum absolute atomic E-state index is 0.0816. The Labute approximate surface area is 117 Å². The van der Waals surface area contributed by atoms with E-state index in [-0.39, 0.29) is 11.2 Å². The molecule has 0 aromatic carbocycles. The van der Waals surface area contributed by atoms with E-state index >= 15 is 0 Å². The summed E-state index contributed by atoms with van der Waals surface area (Å²) < 4.78 is 0. The molecule has 0 spiro atoms. The third kappa shape index (κ3) is 3.32. The van der Waals surface area contributed by atoms with Crippen molar-refractivity contribution in [3.63, 3.8) is 0 Å². The molecule has 0 amide bonds. The second kappa shape index (κ2) is 5.70. The summed E-state index contributed by atoms with van der Waals surface area (Å²) in [6.45, 7) is 1.69. The van der Waals surface area contributed by atoms with Gasteiger partial charge in [0.25, 0.3) is 11.2 Å². The van der Waals surface area contributed by atoms with Crippen molar-refractivity contribution in [2.24, 2.45) is 0 Å². The fourth-order valence-electron chi connectivity index (χ4n) is 1.48. The zero-order valence-corrected chi connectivity index (χ0v) is 11.5. The smallest absolute Gasteiger partial charge is 0.275 e. The zero-order valence-electron chi connectivity index (χ0n) is 10.7. The maximum absolute atomic E-state index is 11.3. The van der Waals surface area contributed by atoms with E-state index in [0.29, 0.717) is 21.7 Å². The maximum atomic E-state index is 11.3. The Kier molecular flexibility index (Phi) is 3.99. The molecular formula is C11H11N5O3S. The molecule has 2 aromatic heterocycles. The summed E-state index contributed by atoms with van der Waals surface area (Å²) in [7, 11) is 1.62. The predicted octanol–water partition coefficient (Wildman–Crippen LogP) is 1.57. The number of anilines is 1. The van der Waals surface area contributed by atoms with Crippen LogP contribution in [0.4, 0.5) is 11.5 Å². The van der Waals surface area contributed by atoms with E-state index in [9.17, 15) is 14.9 Å². The Balaban J connectivity index is 2.39. The number of rotatable bonds is 4. The van der Waals surface area contributed by atoms with Gasteiger partial charge >= 0.3 is 0 Å². The van der Waals surface area contributed by atoms with Gasteiger partial charge in [-0.1, -0.05) is 0 Å². The summed E-state index contributed by atoms with van der Waals surface area (Å²) in [4.78, 5) is 32.6. The number of nitrogens with zero attached hydrogens (tertiary/aromatic N) is 3. The lowest BCUT2D eigenvalue weighted by molar-refractivity contribution is -0.385. The van der Waals surface area contributed by atoms with Crippen molar-refractivity contribution in [2.45, 2.75) is 17.1 Å². The van der Waals surface area contributed by atoms with Crippen LogP contribution in [0.5, 0.6) is 0 Å². The van der Waals surface area contributed by atoms with Gasteiger partial charge in [-0.2, -0.15) is 0 Å². The highest BCUT2D eigenvalue weighted by molar-refractivity contribution is 7.99. The molecule has 0 fully saturated rings. The molecule has 0 bridgehead atoms. The molecule has 104 valence electrons. The van der Waals surface area contributed by atoms with Crippen molar-refractivity contribution in [1.29, 1.82) is 0 Å². The summed E-state index contributed by atoms with van der Waals surface area (Å²) in [6, 6.07) is 4.02. The Morgan fingerprint density at radius 3 is 2.70 bits per heavy atom. The summed E-state index contributed by atoms with van der Waals surface area (Å²) in [5.74, 6) is 0.372. The predicted molar refractivity (Wildman–Crippen MR) is 74.2 cm³/mol. The maximum Gasteiger partial charge on any atom is 0.275 e. The van der Waals surface area contributed by atoms with Crippen LogP contribution in [-0.4, -0.2) is 26.9 Å². The third-order valence-corrected chi connectivity index (χ3v) is 3.11. The zero-order chi connectivity index (χ0) is 14.7. The minimum atomic E-state index is -0.501. The minimum Gasteiger partial charge on any atom is -0.373 e. The molecule has 2 heterocycles. The Morgan fingerprint density at radius 2 is 2.10 bits per heavy atom. The van der Waals surface area contributed by atoms with Crippen molar-refractivity contribution < 1.29 is 4.92 Å². The van der Waals surface area contributed by atoms with Gasteiger partial charge in [0.05, 0.1) is 11.0 Å². The number of nitrogens with one attached hydrogen (secondary N) is 2. The standard InChI is InChI=1S/C11H11N5O3S/c1-6-3-9(17)15-11(13-6)20-10-5-7(16(18)19)4-8(12-2)14-10/h3-5H,1-2H3,(H,12,14)(H,13,15,17). The van der Waals surface area contributed by atoms with Crippen molar-refractivity contribution in [3.05, 3.63) is 44.4 Å². The van der Waals surface area contributed by atoms with Crippen LogP contribution in [0.1, 0.15) is 5.69 Å². The molecule has 0 saturated heterocycles. The van der Waals surface area contributed by atoms with E-state index in [2.05, 4.69) is 20.3 Å². The van der Waals surface area contributed by atoms with Gasteiger partial charge in [-0.25, -0.2) is 9.97 Å². The quantitative estimate of drug-likeness (QED) is 0.499. The number of nitro groups is 1. The molecule has 0 aliphatic rings. The molecule has 9 heteroatoms.